The van der Waals surface area contributed by atoms with Crippen molar-refractivity contribution in [2.24, 2.45) is 0 Å². The molecule has 0 radical (unpaired) electrons. The Morgan fingerprint density at radius 1 is 1.35 bits per heavy atom. The molecule has 2 N–H and O–H groups in total. The lowest BCUT2D eigenvalue weighted by Gasteiger charge is -2.16. The third-order valence-corrected chi connectivity index (χ3v) is 3.68. The van der Waals surface area contributed by atoms with E-state index in [0.717, 1.165) is 22.8 Å². The third kappa shape index (κ3) is 2.32. The van der Waals surface area contributed by atoms with Crippen molar-refractivity contribution in [3.8, 4) is 0 Å². The predicted molar refractivity (Wildman–Crippen MR) is 77.8 cm³/mol. The van der Waals surface area contributed by atoms with E-state index in [-0.39, 0.29) is 11.9 Å². The molecule has 0 saturated carbocycles. The van der Waals surface area contributed by atoms with Gasteiger partial charge in [0.15, 0.2) is 0 Å². The van der Waals surface area contributed by atoms with Crippen LogP contribution in [0.3, 0.4) is 0 Å². The number of hydrogen-bond acceptors (Lipinski definition) is 3. The van der Waals surface area contributed by atoms with Gasteiger partial charge in [0.1, 0.15) is 17.6 Å². The molecular formula is C15H15ClN2O2. The monoisotopic (exact) mass is 290 g/mol. The lowest BCUT2D eigenvalue weighted by Crippen LogP contribution is -2.29. The molecule has 2 atom stereocenters. The zero-order valence-corrected chi connectivity index (χ0v) is 12.0. The fraction of sp³-hybridized carbons (Fsp3) is 0.267. The van der Waals surface area contributed by atoms with Crippen LogP contribution in [0.5, 0.6) is 0 Å². The Bertz CT molecular complexity index is 666. The Hall–Kier alpha value is -1.78. The second-order valence-electron chi connectivity index (χ2n) is 4.99. The maximum Gasteiger partial charge on any atom is 0.246 e. The molecule has 0 fully saturated rings. The zero-order chi connectivity index (χ0) is 14.3. The SMILES string of the molecule is Cc1ccc(C(C)NC2C(=O)Nc3ccc(Cl)cc32)o1. The van der Waals surface area contributed by atoms with Gasteiger partial charge in [0.05, 0.1) is 6.04 Å². The van der Waals surface area contributed by atoms with E-state index in [1.54, 1.807) is 6.07 Å². The minimum Gasteiger partial charge on any atom is -0.465 e. The molecule has 1 aromatic heterocycles. The van der Waals surface area contributed by atoms with Crippen LogP contribution in [0.4, 0.5) is 5.69 Å². The van der Waals surface area contributed by atoms with E-state index >= 15 is 0 Å². The van der Waals surface area contributed by atoms with Crippen LogP contribution < -0.4 is 10.6 Å². The van der Waals surface area contributed by atoms with Crippen molar-refractivity contribution >= 4 is 23.2 Å². The number of anilines is 1. The van der Waals surface area contributed by atoms with Gasteiger partial charge >= 0.3 is 0 Å². The Morgan fingerprint density at radius 2 is 2.15 bits per heavy atom. The minimum absolute atomic E-state index is 0.0654. The van der Waals surface area contributed by atoms with Crippen LogP contribution in [0.15, 0.2) is 34.7 Å². The molecule has 1 aliphatic heterocycles. The first-order valence-electron chi connectivity index (χ1n) is 6.47. The topological polar surface area (TPSA) is 54.3 Å². The van der Waals surface area contributed by atoms with E-state index in [4.69, 9.17) is 16.0 Å². The van der Waals surface area contributed by atoms with E-state index in [1.807, 2.05) is 38.1 Å². The van der Waals surface area contributed by atoms with Crippen molar-refractivity contribution in [2.45, 2.75) is 25.9 Å². The minimum atomic E-state index is -0.413. The molecular weight excluding hydrogens is 276 g/mol. The summed E-state index contributed by atoms with van der Waals surface area (Å²) in [6, 6.07) is 8.74. The van der Waals surface area contributed by atoms with Crippen LogP contribution in [0.2, 0.25) is 5.02 Å². The number of rotatable bonds is 3. The van der Waals surface area contributed by atoms with E-state index in [9.17, 15) is 4.79 Å². The highest BCUT2D eigenvalue weighted by atomic mass is 35.5. The number of amides is 1. The number of aryl methyl sites for hydroxylation is 1. The number of carbonyl (C=O) groups excluding carboxylic acids is 1. The van der Waals surface area contributed by atoms with Crippen molar-refractivity contribution in [1.29, 1.82) is 0 Å². The van der Waals surface area contributed by atoms with Crippen LogP contribution in [0.1, 0.15) is 36.1 Å². The van der Waals surface area contributed by atoms with Gasteiger partial charge in [-0.1, -0.05) is 11.6 Å². The van der Waals surface area contributed by atoms with Crippen molar-refractivity contribution in [1.82, 2.24) is 5.32 Å². The predicted octanol–water partition coefficient (Wildman–Crippen LogP) is 3.59. The molecule has 2 aromatic rings. The van der Waals surface area contributed by atoms with Gasteiger partial charge in [-0.15, -0.1) is 0 Å². The molecule has 20 heavy (non-hydrogen) atoms. The highest BCUT2D eigenvalue weighted by molar-refractivity contribution is 6.31. The quantitative estimate of drug-likeness (QED) is 0.908. The second kappa shape index (κ2) is 4.96. The Balaban J connectivity index is 1.85. The number of fused-ring (bicyclic) bond motifs is 1. The van der Waals surface area contributed by atoms with Gasteiger partial charge in [0.25, 0.3) is 0 Å². The Morgan fingerprint density at radius 3 is 2.85 bits per heavy atom. The van der Waals surface area contributed by atoms with Crippen LogP contribution in [0.25, 0.3) is 0 Å². The smallest absolute Gasteiger partial charge is 0.246 e. The van der Waals surface area contributed by atoms with Crippen molar-refractivity contribution in [2.75, 3.05) is 5.32 Å². The second-order valence-corrected chi connectivity index (χ2v) is 5.43. The molecule has 4 nitrogen and oxygen atoms in total. The molecule has 2 unspecified atom stereocenters. The third-order valence-electron chi connectivity index (χ3n) is 3.45. The molecule has 0 spiro atoms. The van der Waals surface area contributed by atoms with E-state index in [0.29, 0.717) is 5.02 Å². The van der Waals surface area contributed by atoms with Gasteiger partial charge in [0, 0.05) is 16.3 Å². The number of benzene rings is 1. The largest absolute Gasteiger partial charge is 0.465 e. The molecule has 1 aliphatic rings. The molecule has 0 saturated heterocycles. The highest BCUT2D eigenvalue weighted by Crippen LogP contribution is 2.34. The average molecular weight is 291 g/mol. The van der Waals surface area contributed by atoms with Gasteiger partial charge in [0.2, 0.25) is 5.91 Å². The van der Waals surface area contributed by atoms with Crippen LogP contribution in [-0.4, -0.2) is 5.91 Å². The first-order chi connectivity index (χ1) is 9.54. The van der Waals surface area contributed by atoms with Gasteiger partial charge < -0.3 is 9.73 Å². The van der Waals surface area contributed by atoms with Crippen LogP contribution in [0, 0.1) is 6.92 Å². The summed E-state index contributed by atoms with van der Waals surface area (Å²) < 4.78 is 5.58. The Labute approximate surface area is 122 Å². The molecule has 0 aliphatic carbocycles. The summed E-state index contributed by atoms with van der Waals surface area (Å²) in [4.78, 5) is 12.1. The number of carbonyl (C=O) groups is 1. The molecule has 5 heteroatoms. The lowest BCUT2D eigenvalue weighted by atomic mass is 10.1. The first kappa shape index (κ1) is 13.2. The van der Waals surface area contributed by atoms with Crippen molar-refractivity contribution < 1.29 is 9.21 Å². The standard InChI is InChI=1S/C15H15ClN2O2/c1-8-3-6-13(20-8)9(2)17-14-11-7-10(16)4-5-12(11)18-15(14)19/h3-7,9,14,17H,1-2H3,(H,18,19). The van der Waals surface area contributed by atoms with E-state index in [2.05, 4.69) is 10.6 Å². The summed E-state index contributed by atoms with van der Waals surface area (Å²) in [7, 11) is 0. The average Bonchev–Trinajstić information content (AvgIpc) is 2.95. The summed E-state index contributed by atoms with van der Waals surface area (Å²) in [5.41, 5.74) is 1.68. The lowest BCUT2D eigenvalue weighted by molar-refractivity contribution is -0.117. The molecule has 3 rings (SSSR count). The normalized spacial score (nSPS) is 18.8. The van der Waals surface area contributed by atoms with E-state index < -0.39 is 6.04 Å². The maximum absolute atomic E-state index is 12.1. The van der Waals surface area contributed by atoms with Crippen molar-refractivity contribution in [3.63, 3.8) is 0 Å². The zero-order valence-electron chi connectivity index (χ0n) is 11.2. The van der Waals surface area contributed by atoms with Crippen LogP contribution in [-0.2, 0) is 4.79 Å². The number of hydrogen-bond donors (Lipinski definition) is 2. The summed E-state index contributed by atoms with van der Waals surface area (Å²) >= 11 is 6.01. The van der Waals surface area contributed by atoms with Crippen molar-refractivity contribution in [3.05, 3.63) is 52.4 Å². The van der Waals surface area contributed by atoms with Gasteiger partial charge in [-0.3, -0.25) is 10.1 Å². The summed E-state index contributed by atoms with van der Waals surface area (Å²) in [5, 5.41) is 6.74. The summed E-state index contributed by atoms with van der Waals surface area (Å²) in [6.45, 7) is 3.86. The van der Waals surface area contributed by atoms with Gasteiger partial charge in [-0.05, 0) is 44.2 Å². The molecule has 1 aromatic carbocycles. The molecule has 0 bridgehead atoms. The number of furan rings is 1. The summed E-state index contributed by atoms with van der Waals surface area (Å²) in [5.74, 6) is 1.59. The first-order valence-corrected chi connectivity index (χ1v) is 6.85. The number of halogens is 1. The fourth-order valence-electron chi connectivity index (χ4n) is 2.42. The molecule has 2 heterocycles. The fourth-order valence-corrected chi connectivity index (χ4v) is 2.60. The highest BCUT2D eigenvalue weighted by Gasteiger charge is 2.32. The molecule has 1 amide bonds. The Kier molecular flexibility index (Phi) is 3.28. The maximum atomic E-state index is 12.1. The number of nitrogens with one attached hydrogen (secondary N) is 2. The van der Waals surface area contributed by atoms with Crippen LogP contribution >= 0.6 is 11.6 Å². The van der Waals surface area contributed by atoms with E-state index in [1.165, 1.54) is 0 Å². The van der Waals surface area contributed by atoms with Gasteiger partial charge in [-0.25, -0.2) is 0 Å². The van der Waals surface area contributed by atoms with Gasteiger partial charge in [-0.2, -0.15) is 0 Å². The summed E-state index contributed by atoms with van der Waals surface area (Å²) in [6.07, 6.45) is 0. The molecule has 104 valence electrons.